The molecule has 0 aromatic heterocycles. The molecule has 0 N–H and O–H groups in total. The van der Waals surface area contributed by atoms with E-state index in [0.29, 0.717) is 18.4 Å². The molecule has 1 aromatic rings. The number of rotatable bonds is 3. The molecule has 0 saturated heterocycles. The average molecular weight is 284 g/mol. The van der Waals surface area contributed by atoms with E-state index in [4.69, 9.17) is 4.74 Å². The van der Waals surface area contributed by atoms with Crippen LogP contribution in [0.3, 0.4) is 0 Å². The Balaban J connectivity index is 2.66. The predicted molar refractivity (Wildman–Crippen MR) is 82.9 cm³/mol. The van der Waals surface area contributed by atoms with Gasteiger partial charge in [-0.2, -0.15) is 0 Å². The van der Waals surface area contributed by atoms with E-state index in [2.05, 4.69) is 6.58 Å². The fourth-order valence-corrected chi connectivity index (χ4v) is 3.07. The van der Waals surface area contributed by atoms with Crippen LogP contribution < -0.4 is 0 Å². The number of allylic oxidation sites excluding steroid dienone is 3. The van der Waals surface area contributed by atoms with Crippen molar-refractivity contribution in [1.29, 1.82) is 0 Å². The van der Waals surface area contributed by atoms with Crippen molar-refractivity contribution in [2.75, 3.05) is 7.11 Å². The number of ketones is 1. The van der Waals surface area contributed by atoms with E-state index >= 15 is 0 Å². The molecule has 0 amide bonds. The highest BCUT2D eigenvalue weighted by Gasteiger charge is 2.50. The van der Waals surface area contributed by atoms with Crippen LogP contribution in [-0.2, 0) is 9.53 Å². The van der Waals surface area contributed by atoms with Gasteiger partial charge in [0.05, 0.1) is 7.11 Å². The van der Waals surface area contributed by atoms with Gasteiger partial charge in [0.15, 0.2) is 5.78 Å². The van der Waals surface area contributed by atoms with Crippen LogP contribution in [0.4, 0.5) is 0 Å². The SMILES string of the molecule is C=C(C)CC1(C(=O)OC)C/C(=C\C)c2ccccc2C1=O. The molecule has 1 aromatic carbocycles. The highest BCUT2D eigenvalue weighted by atomic mass is 16.5. The van der Waals surface area contributed by atoms with Crippen molar-refractivity contribution < 1.29 is 14.3 Å². The number of hydrogen-bond acceptors (Lipinski definition) is 3. The Morgan fingerprint density at radius 3 is 2.52 bits per heavy atom. The van der Waals surface area contributed by atoms with E-state index in [0.717, 1.165) is 16.7 Å². The van der Waals surface area contributed by atoms with Gasteiger partial charge in [-0.25, -0.2) is 0 Å². The molecule has 3 nitrogen and oxygen atoms in total. The van der Waals surface area contributed by atoms with Crippen LogP contribution in [-0.4, -0.2) is 18.9 Å². The zero-order chi connectivity index (χ0) is 15.6. The number of esters is 1. The van der Waals surface area contributed by atoms with Crippen LogP contribution in [0.25, 0.3) is 5.57 Å². The molecular weight excluding hydrogens is 264 g/mol. The van der Waals surface area contributed by atoms with Gasteiger partial charge in [0.1, 0.15) is 5.41 Å². The molecule has 0 radical (unpaired) electrons. The van der Waals surface area contributed by atoms with Gasteiger partial charge in [0.25, 0.3) is 0 Å². The van der Waals surface area contributed by atoms with Crippen molar-refractivity contribution in [1.82, 2.24) is 0 Å². The molecule has 1 atom stereocenters. The van der Waals surface area contributed by atoms with Crippen LogP contribution in [0, 0.1) is 5.41 Å². The average Bonchev–Trinajstić information content (AvgIpc) is 2.49. The molecule has 0 saturated carbocycles. The number of hydrogen-bond donors (Lipinski definition) is 0. The van der Waals surface area contributed by atoms with Gasteiger partial charge in [0, 0.05) is 5.56 Å². The van der Waals surface area contributed by atoms with Crippen LogP contribution in [0.15, 0.2) is 42.5 Å². The summed E-state index contributed by atoms with van der Waals surface area (Å²) in [6.07, 6.45) is 2.63. The molecule has 0 aliphatic heterocycles. The molecule has 2 rings (SSSR count). The van der Waals surface area contributed by atoms with Crippen molar-refractivity contribution in [3.8, 4) is 0 Å². The number of benzene rings is 1. The zero-order valence-corrected chi connectivity index (χ0v) is 12.7. The number of Topliss-reactive ketones (excluding diaryl/α,β-unsaturated/α-hetero) is 1. The molecule has 1 aliphatic carbocycles. The lowest BCUT2D eigenvalue weighted by Crippen LogP contribution is -2.43. The van der Waals surface area contributed by atoms with Crippen molar-refractivity contribution >= 4 is 17.3 Å². The van der Waals surface area contributed by atoms with Gasteiger partial charge in [-0.15, -0.1) is 6.58 Å². The van der Waals surface area contributed by atoms with E-state index in [1.165, 1.54) is 7.11 Å². The second kappa shape index (κ2) is 5.68. The Kier molecular flexibility index (Phi) is 4.12. The molecule has 0 fully saturated rings. The molecule has 1 unspecified atom stereocenters. The summed E-state index contributed by atoms with van der Waals surface area (Å²) < 4.78 is 4.94. The Morgan fingerprint density at radius 2 is 2.00 bits per heavy atom. The third-order valence-corrected chi connectivity index (χ3v) is 3.97. The summed E-state index contributed by atoms with van der Waals surface area (Å²) in [6, 6.07) is 7.42. The molecule has 21 heavy (non-hydrogen) atoms. The molecule has 3 heteroatoms. The van der Waals surface area contributed by atoms with Gasteiger partial charge in [-0.1, -0.05) is 35.9 Å². The number of ether oxygens (including phenoxy) is 1. The maximum atomic E-state index is 13.0. The minimum absolute atomic E-state index is 0.168. The summed E-state index contributed by atoms with van der Waals surface area (Å²) >= 11 is 0. The molecule has 0 spiro atoms. The number of carbonyl (C=O) groups excluding carboxylic acids is 2. The molecule has 0 heterocycles. The van der Waals surface area contributed by atoms with Crippen LogP contribution in [0.5, 0.6) is 0 Å². The van der Waals surface area contributed by atoms with E-state index in [-0.39, 0.29) is 5.78 Å². The van der Waals surface area contributed by atoms with Gasteiger partial charge in [0.2, 0.25) is 0 Å². The van der Waals surface area contributed by atoms with Crippen LogP contribution >= 0.6 is 0 Å². The predicted octanol–water partition coefficient (Wildman–Crippen LogP) is 3.80. The normalized spacial score (nSPS) is 22.8. The minimum Gasteiger partial charge on any atom is -0.468 e. The lowest BCUT2D eigenvalue weighted by molar-refractivity contribution is -0.149. The van der Waals surface area contributed by atoms with Crippen molar-refractivity contribution in [3.63, 3.8) is 0 Å². The summed E-state index contributed by atoms with van der Waals surface area (Å²) in [5.74, 6) is -0.650. The summed E-state index contributed by atoms with van der Waals surface area (Å²) in [4.78, 5) is 25.4. The number of carbonyl (C=O) groups is 2. The fraction of sp³-hybridized carbons (Fsp3) is 0.333. The smallest absolute Gasteiger partial charge is 0.320 e. The van der Waals surface area contributed by atoms with Crippen molar-refractivity contribution in [2.24, 2.45) is 5.41 Å². The Hall–Kier alpha value is -2.16. The third kappa shape index (κ3) is 2.44. The largest absolute Gasteiger partial charge is 0.468 e. The quantitative estimate of drug-likeness (QED) is 0.481. The zero-order valence-electron chi connectivity index (χ0n) is 12.7. The maximum Gasteiger partial charge on any atom is 0.320 e. The summed E-state index contributed by atoms with van der Waals surface area (Å²) in [5, 5.41) is 0. The summed E-state index contributed by atoms with van der Waals surface area (Å²) in [5.41, 5.74) is 2.10. The molecular formula is C18H20O3. The van der Waals surface area contributed by atoms with E-state index in [1.807, 2.05) is 38.1 Å². The van der Waals surface area contributed by atoms with E-state index in [1.54, 1.807) is 6.07 Å². The van der Waals surface area contributed by atoms with Crippen molar-refractivity contribution in [2.45, 2.75) is 26.7 Å². The third-order valence-electron chi connectivity index (χ3n) is 3.97. The first-order valence-electron chi connectivity index (χ1n) is 6.98. The van der Waals surface area contributed by atoms with Gasteiger partial charge in [-0.05, 0) is 37.8 Å². The van der Waals surface area contributed by atoms with Gasteiger partial charge >= 0.3 is 5.97 Å². The Morgan fingerprint density at radius 1 is 1.38 bits per heavy atom. The topological polar surface area (TPSA) is 43.4 Å². The molecule has 110 valence electrons. The lowest BCUT2D eigenvalue weighted by atomic mass is 9.65. The highest BCUT2D eigenvalue weighted by Crippen LogP contribution is 2.46. The lowest BCUT2D eigenvalue weighted by Gasteiger charge is -2.35. The Bertz CT molecular complexity index is 640. The van der Waals surface area contributed by atoms with Crippen LogP contribution in [0.2, 0.25) is 0 Å². The monoisotopic (exact) mass is 284 g/mol. The first-order valence-corrected chi connectivity index (χ1v) is 6.98. The van der Waals surface area contributed by atoms with E-state index < -0.39 is 11.4 Å². The maximum absolute atomic E-state index is 13.0. The summed E-state index contributed by atoms with van der Waals surface area (Å²) in [6.45, 7) is 7.62. The first-order chi connectivity index (χ1) is 9.96. The van der Waals surface area contributed by atoms with Gasteiger partial charge in [-0.3, -0.25) is 9.59 Å². The molecule has 1 aliphatic rings. The standard InChI is InChI=1S/C18H20O3/c1-5-13-11-18(10-12(2)3,17(20)21-4)16(19)15-9-7-6-8-14(13)15/h5-9H,2,10-11H2,1,3-4H3/b13-5+. The van der Waals surface area contributed by atoms with Gasteiger partial charge < -0.3 is 4.74 Å². The number of methoxy groups -OCH3 is 1. The molecule has 0 bridgehead atoms. The second-order valence-electron chi connectivity index (χ2n) is 5.57. The fourth-order valence-electron chi connectivity index (χ4n) is 3.07. The second-order valence-corrected chi connectivity index (χ2v) is 5.57. The number of fused-ring (bicyclic) bond motifs is 1. The first kappa shape index (κ1) is 15.2. The summed E-state index contributed by atoms with van der Waals surface area (Å²) in [7, 11) is 1.33. The van der Waals surface area contributed by atoms with Crippen LogP contribution in [0.1, 0.15) is 42.6 Å². The van der Waals surface area contributed by atoms with E-state index in [9.17, 15) is 9.59 Å². The highest BCUT2D eigenvalue weighted by molar-refractivity contribution is 6.17. The minimum atomic E-state index is -1.18. The van der Waals surface area contributed by atoms with Crippen molar-refractivity contribution in [3.05, 3.63) is 53.6 Å². The Labute approximate surface area is 125 Å².